The minimum Gasteiger partial charge on any atom is -0.484 e. The van der Waals surface area contributed by atoms with Crippen LogP contribution in [0, 0.1) is 0 Å². The Morgan fingerprint density at radius 3 is 2.84 bits per heavy atom. The highest BCUT2D eigenvalue weighted by Gasteiger charge is 2.12. The lowest BCUT2D eigenvalue weighted by Crippen LogP contribution is -2.23. The molecule has 0 aliphatic carbocycles. The Labute approximate surface area is 154 Å². The summed E-state index contributed by atoms with van der Waals surface area (Å²) in [6.07, 6.45) is 1.67. The van der Waals surface area contributed by atoms with Gasteiger partial charge >= 0.3 is 0 Å². The summed E-state index contributed by atoms with van der Waals surface area (Å²) in [5, 5.41) is 7.76. The number of nitrogens with one attached hydrogen (secondary N) is 1. The van der Waals surface area contributed by atoms with Crippen LogP contribution in [0.15, 0.2) is 47.0 Å². The molecule has 2 aromatic heterocycles. The monoisotopic (exact) mass is 379 g/mol. The fourth-order valence-electron chi connectivity index (χ4n) is 2.15. The Kier molecular flexibility index (Phi) is 5.31. The normalized spacial score (nSPS) is 10.7. The van der Waals surface area contributed by atoms with Gasteiger partial charge in [0.1, 0.15) is 18.1 Å². The molecule has 0 aliphatic heterocycles. The number of halogens is 2. The largest absolute Gasteiger partial charge is 0.484 e. The summed E-state index contributed by atoms with van der Waals surface area (Å²) in [4.78, 5) is 12.1. The van der Waals surface area contributed by atoms with Crippen LogP contribution in [0.4, 0.5) is 0 Å². The van der Waals surface area contributed by atoms with Crippen LogP contribution in [0.2, 0.25) is 10.0 Å². The molecule has 0 bridgehead atoms. The molecular formula is C17H15Cl2N3O3. The molecule has 0 spiro atoms. The lowest BCUT2D eigenvalue weighted by atomic mass is 10.3. The van der Waals surface area contributed by atoms with Crippen molar-refractivity contribution >= 4 is 29.1 Å². The molecule has 2 heterocycles. The van der Waals surface area contributed by atoms with Crippen molar-refractivity contribution in [1.29, 1.82) is 0 Å². The second-order valence-corrected chi connectivity index (χ2v) is 6.10. The molecular weight excluding hydrogens is 365 g/mol. The first-order valence-corrected chi connectivity index (χ1v) is 8.20. The number of carbonyl (C=O) groups is 1. The van der Waals surface area contributed by atoms with Gasteiger partial charge in [-0.3, -0.25) is 9.48 Å². The number of benzene rings is 1. The summed E-state index contributed by atoms with van der Waals surface area (Å²) in [5.41, 5.74) is 0.890. The lowest BCUT2D eigenvalue weighted by Gasteiger charge is -2.06. The van der Waals surface area contributed by atoms with Crippen LogP contribution in [0.3, 0.4) is 0 Å². The summed E-state index contributed by atoms with van der Waals surface area (Å²) in [5.74, 6) is 0.904. The molecule has 0 aliphatic rings. The lowest BCUT2D eigenvalue weighted by molar-refractivity contribution is 0.0918. The Morgan fingerprint density at radius 2 is 2.12 bits per heavy atom. The van der Waals surface area contributed by atoms with Crippen molar-refractivity contribution in [2.75, 3.05) is 0 Å². The van der Waals surface area contributed by atoms with Gasteiger partial charge < -0.3 is 14.5 Å². The van der Waals surface area contributed by atoms with Gasteiger partial charge in [0.2, 0.25) is 0 Å². The van der Waals surface area contributed by atoms with Gasteiger partial charge in [-0.25, -0.2) is 0 Å². The van der Waals surface area contributed by atoms with Crippen LogP contribution in [0.1, 0.15) is 22.0 Å². The predicted molar refractivity (Wildman–Crippen MR) is 93.9 cm³/mol. The Bertz CT molecular complexity index is 889. The van der Waals surface area contributed by atoms with E-state index >= 15 is 0 Å². The molecule has 3 rings (SSSR count). The molecule has 0 radical (unpaired) electrons. The van der Waals surface area contributed by atoms with E-state index < -0.39 is 0 Å². The van der Waals surface area contributed by atoms with Crippen LogP contribution in [-0.4, -0.2) is 15.7 Å². The van der Waals surface area contributed by atoms with Gasteiger partial charge in [0.05, 0.1) is 17.3 Å². The fraction of sp³-hybridized carbons (Fsp3) is 0.176. The van der Waals surface area contributed by atoms with Crippen molar-refractivity contribution in [2.24, 2.45) is 7.05 Å². The first-order chi connectivity index (χ1) is 12.0. The van der Waals surface area contributed by atoms with Crippen LogP contribution in [0.5, 0.6) is 5.75 Å². The molecule has 0 saturated carbocycles. The molecule has 3 aromatic rings. The quantitative estimate of drug-likeness (QED) is 0.706. The van der Waals surface area contributed by atoms with E-state index in [2.05, 4.69) is 10.4 Å². The third-order valence-corrected chi connectivity index (χ3v) is 4.03. The van der Waals surface area contributed by atoms with E-state index in [0.717, 1.165) is 5.69 Å². The predicted octanol–water partition coefficient (Wildman–Crippen LogP) is 3.83. The summed E-state index contributed by atoms with van der Waals surface area (Å²) in [6.45, 7) is 0.513. The summed E-state index contributed by atoms with van der Waals surface area (Å²) >= 11 is 11.9. The number of aryl methyl sites for hydroxylation is 1. The maximum atomic E-state index is 12.1. The average molecular weight is 380 g/mol. The van der Waals surface area contributed by atoms with Gasteiger partial charge in [0, 0.05) is 18.3 Å². The first kappa shape index (κ1) is 17.4. The van der Waals surface area contributed by atoms with Crippen molar-refractivity contribution in [1.82, 2.24) is 15.1 Å². The number of rotatable bonds is 6. The maximum absolute atomic E-state index is 12.1. The van der Waals surface area contributed by atoms with Crippen LogP contribution in [-0.2, 0) is 20.2 Å². The number of nitrogens with zero attached hydrogens (tertiary/aromatic N) is 2. The standard InChI is InChI=1S/C17H15Cl2N3O3/c1-22-12(6-7-21-22)9-20-17(23)16-5-3-13(25-16)10-24-15-4-2-11(18)8-14(15)19/h2-8H,9-10H2,1H3,(H,20,23). The smallest absolute Gasteiger partial charge is 0.287 e. The minimum absolute atomic E-state index is 0.149. The topological polar surface area (TPSA) is 69.3 Å². The summed E-state index contributed by atoms with van der Waals surface area (Å²) in [6, 6.07) is 10.1. The molecule has 0 unspecified atom stereocenters. The number of furan rings is 1. The van der Waals surface area contributed by atoms with E-state index in [0.29, 0.717) is 28.1 Å². The second kappa shape index (κ2) is 7.63. The minimum atomic E-state index is -0.308. The Balaban J connectivity index is 1.56. The molecule has 0 fully saturated rings. The Morgan fingerprint density at radius 1 is 1.28 bits per heavy atom. The molecule has 0 atom stereocenters. The molecule has 8 heteroatoms. The van der Waals surface area contributed by atoms with Crippen LogP contribution < -0.4 is 10.1 Å². The van der Waals surface area contributed by atoms with Crippen molar-refractivity contribution < 1.29 is 13.9 Å². The highest BCUT2D eigenvalue weighted by molar-refractivity contribution is 6.35. The van der Waals surface area contributed by atoms with E-state index in [9.17, 15) is 4.79 Å². The van der Waals surface area contributed by atoms with Crippen molar-refractivity contribution in [3.63, 3.8) is 0 Å². The highest BCUT2D eigenvalue weighted by Crippen LogP contribution is 2.28. The second-order valence-electron chi connectivity index (χ2n) is 5.26. The molecule has 1 aromatic carbocycles. The Hall–Kier alpha value is -2.44. The molecule has 1 N–H and O–H groups in total. The van der Waals surface area contributed by atoms with E-state index in [4.69, 9.17) is 32.4 Å². The van der Waals surface area contributed by atoms with E-state index in [1.807, 2.05) is 13.1 Å². The van der Waals surface area contributed by atoms with Crippen molar-refractivity contribution in [2.45, 2.75) is 13.2 Å². The fourth-order valence-corrected chi connectivity index (χ4v) is 2.61. The SMILES string of the molecule is Cn1nccc1CNC(=O)c1ccc(COc2ccc(Cl)cc2Cl)o1. The number of ether oxygens (including phenoxy) is 1. The van der Waals surface area contributed by atoms with E-state index in [-0.39, 0.29) is 18.3 Å². The molecule has 25 heavy (non-hydrogen) atoms. The van der Waals surface area contributed by atoms with Gasteiger partial charge in [-0.05, 0) is 36.4 Å². The number of hydrogen-bond donors (Lipinski definition) is 1. The number of amides is 1. The number of hydrogen-bond acceptors (Lipinski definition) is 4. The van der Waals surface area contributed by atoms with E-state index in [1.54, 1.807) is 41.2 Å². The zero-order chi connectivity index (χ0) is 17.8. The highest BCUT2D eigenvalue weighted by atomic mass is 35.5. The summed E-state index contributed by atoms with van der Waals surface area (Å²) < 4.78 is 12.8. The van der Waals surface area contributed by atoms with Gasteiger partial charge in [-0.15, -0.1) is 0 Å². The third-order valence-electron chi connectivity index (χ3n) is 3.50. The average Bonchev–Trinajstić information content (AvgIpc) is 3.21. The van der Waals surface area contributed by atoms with Crippen LogP contribution in [0.25, 0.3) is 0 Å². The van der Waals surface area contributed by atoms with Gasteiger partial charge in [-0.2, -0.15) is 5.10 Å². The zero-order valence-corrected chi connectivity index (χ0v) is 14.8. The van der Waals surface area contributed by atoms with E-state index in [1.165, 1.54) is 0 Å². The van der Waals surface area contributed by atoms with Gasteiger partial charge in [0.15, 0.2) is 5.76 Å². The first-order valence-electron chi connectivity index (χ1n) is 7.44. The molecule has 1 amide bonds. The molecule has 6 nitrogen and oxygen atoms in total. The van der Waals surface area contributed by atoms with Crippen molar-refractivity contribution in [3.05, 3.63) is 69.9 Å². The number of carbonyl (C=O) groups excluding carboxylic acids is 1. The van der Waals surface area contributed by atoms with Gasteiger partial charge in [-0.1, -0.05) is 23.2 Å². The molecule has 130 valence electrons. The summed E-state index contributed by atoms with van der Waals surface area (Å²) in [7, 11) is 1.81. The van der Waals surface area contributed by atoms with Crippen LogP contribution >= 0.6 is 23.2 Å². The van der Waals surface area contributed by atoms with Crippen molar-refractivity contribution in [3.8, 4) is 5.75 Å². The van der Waals surface area contributed by atoms with Gasteiger partial charge in [0.25, 0.3) is 5.91 Å². The molecule has 0 saturated heterocycles. The zero-order valence-electron chi connectivity index (χ0n) is 13.3. The number of aromatic nitrogens is 2. The third kappa shape index (κ3) is 4.35. The maximum Gasteiger partial charge on any atom is 0.287 e.